The van der Waals surface area contributed by atoms with E-state index >= 15 is 0 Å². The number of hydrogen-bond acceptors (Lipinski definition) is 4. The van der Waals surface area contributed by atoms with Gasteiger partial charge < -0.3 is 15.4 Å². The molecule has 0 bridgehead atoms. The number of halogens is 1. The van der Waals surface area contributed by atoms with Gasteiger partial charge in [-0.15, -0.1) is 0 Å². The SMILES string of the molecule is COc1ccc(NC(=O)c2cc(Nc3ccc(F)cc3)ccn2)cc1. The molecule has 0 aliphatic rings. The Labute approximate surface area is 144 Å². The number of carbonyl (C=O) groups is 1. The Morgan fingerprint density at radius 1 is 0.960 bits per heavy atom. The van der Waals surface area contributed by atoms with Crippen LogP contribution in [0.5, 0.6) is 5.75 Å². The van der Waals surface area contributed by atoms with Gasteiger partial charge in [0.2, 0.25) is 0 Å². The lowest BCUT2D eigenvalue weighted by Gasteiger charge is -2.09. The zero-order chi connectivity index (χ0) is 17.6. The normalized spacial score (nSPS) is 10.2. The molecule has 0 aliphatic heterocycles. The first-order valence-corrected chi connectivity index (χ1v) is 7.58. The first-order valence-electron chi connectivity index (χ1n) is 7.58. The van der Waals surface area contributed by atoms with Gasteiger partial charge in [0.15, 0.2) is 0 Å². The molecule has 0 saturated heterocycles. The van der Waals surface area contributed by atoms with E-state index in [9.17, 15) is 9.18 Å². The Hall–Kier alpha value is -3.41. The molecule has 1 aromatic heterocycles. The number of carbonyl (C=O) groups excluding carboxylic acids is 1. The van der Waals surface area contributed by atoms with Crippen molar-refractivity contribution in [2.24, 2.45) is 0 Å². The third-order valence-corrected chi connectivity index (χ3v) is 3.47. The Morgan fingerprint density at radius 2 is 1.64 bits per heavy atom. The van der Waals surface area contributed by atoms with Gasteiger partial charge in [0.25, 0.3) is 5.91 Å². The van der Waals surface area contributed by atoms with Gasteiger partial charge in [-0.2, -0.15) is 0 Å². The average Bonchev–Trinajstić information content (AvgIpc) is 2.64. The van der Waals surface area contributed by atoms with Gasteiger partial charge in [0.05, 0.1) is 7.11 Å². The van der Waals surface area contributed by atoms with E-state index in [1.165, 1.54) is 18.3 Å². The van der Waals surface area contributed by atoms with Gasteiger partial charge in [0.1, 0.15) is 17.3 Å². The second-order valence-corrected chi connectivity index (χ2v) is 5.24. The lowest BCUT2D eigenvalue weighted by atomic mass is 10.2. The van der Waals surface area contributed by atoms with E-state index in [4.69, 9.17) is 4.74 Å². The number of methoxy groups -OCH3 is 1. The van der Waals surface area contributed by atoms with Crippen LogP contribution < -0.4 is 15.4 Å². The first-order chi connectivity index (χ1) is 12.1. The molecule has 0 saturated carbocycles. The van der Waals surface area contributed by atoms with E-state index in [2.05, 4.69) is 15.6 Å². The van der Waals surface area contributed by atoms with Crippen LogP contribution >= 0.6 is 0 Å². The van der Waals surface area contributed by atoms with Gasteiger partial charge in [-0.25, -0.2) is 4.39 Å². The predicted molar refractivity (Wildman–Crippen MR) is 94.9 cm³/mol. The summed E-state index contributed by atoms with van der Waals surface area (Å²) in [5, 5.41) is 5.88. The number of amides is 1. The fourth-order valence-corrected chi connectivity index (χ4v) is 2.20. The van der Waals surface area contributed by atoms with Gasteiger partial charge in [-0.1, -0.05) is 0 Å². The average molecular weight is 337 g/mol. The molecule has 0 radical (unpaired) electrons. The summed E-state index contributed by atoms with van der Waals surface area (Å²) in [6.45, 7) is 0. The highest BCUT2D eigenvalue weighted by Gasteiger charge is 2.09. The van der Waals surface area contributed by atoms with Crippen molar-refractivity contribution in [2.75, 3.05) is 17.7 Å². The Bertz CT molecular complexity index is 865. The summed E-state index contributed by atoms with van der Waals surface area (Å²) < 4.78 is 18.0. The number of ether oxygens (including phenoxy) is 1. The molecule has 0 spiro atoms. The summed E-state index contributed by atoms with van der Waals surface area (Å²) >= 11 is 0. The molecule has 5 nitrogen and oxygen atoms in total. The smallest absolute Gasteiger partial charge is 0.274 e. The first kappa shape index (κ1) is 16.4. The summed E-state index contributed by atoms with van der Waals surface area (Å²) in [4.78, 5) is 16.4. The maximum atomic E-state index is 13.0. The molecule has 0 aliphatic carbocycles. The van der Waals surface area contributed by atoms with Gasteiger partial charge >= 0.3 is 0 Å². The van der Waals surface area contributed by atoms with Crippen LogP contribution in [0.4, 0.5) is 21.5 Å². The van der Waals surface area contributed by atoms with Crippen LogP contribution in [0.15, 0.2) is 66.9 Å². The highest BCUT2D eigenvalue weighted by molar-refractivity contribution is 6.03. The van der Waals surface area contributed by atoms with E-state index in [0.29, 0.717) is 22.8 Å². The molecule has 1 heterocycles. The van der Waals surface area contributed by atoms with Crippen LogP contribution in [0.25, 0.3) is 0 Å². The minimum absolute atomic E-state index is 0.267. The third kappa shape index (κ3) is 4.32. The Kier molecular flexibility index (Phi) is 4.89. The largest absolute Gasteiger partial charge is 0.497 e. The van der Waals surface area contributed by atoms with Crippen molar-refractivity contribution >= 4 is 23.0 Å². The van der Waals surface area contributed by atoms with Crippen molar-refractivity contribution in [3.8, 4) is 5.75 Å². The van der Waals surface area contributed by atoms with Crippen molar-refractivity contribution in [1.29, 1.82) is 0 Å². The summed E-state index contributed by atoms with van der Waals surface area (Å²) in [7, 11) is 1.58. The van der Waals surface area contributed by atoms with Crippen molar-refractivity contribution in [3.63, 3.8) is 0 Å². The molecular weight excluding hydrogens is 321 g/mol. The van der Waals surface area contributed by atoms with Gasteiger partial charge in [-0.3, -0.25) is 9.78 Å². The highest BCUT2D eigenvalue weighted by Crippen LogP contribution is 2.19. The highest BCUT2D eigenvalue weighted by atomic mass is 19.1. The maximum absolute atomic E-state index is 13.0. The number of aromatic nitrogens is 1. The lowest BCUT2D eigenvalue weighted by Crippen LogP contribution is -2.13. The Morgan fingerprint density at radius 3 is 2.32 bits per heavy atom. The summed E-state index contributed by atoms with van der Waals surface area (Å²) in [5.41, 5.74) is 2.31. The van der Waals surface area contributed by atoms with Crippen LogP contribution in [-0.2, 0) is 0 Å². The lowest BCUT2D eigenvalue weighted by molar-refractivity contribution is 0.102. The number of hydrogen-bond donors (Lipinski definition) is 2. The minimum Gasteiger partial charge on any atom is -0.497 e. The van der Waals surface area contributed by atoms with E-state index in [-0.39, 0.29) is 17.4 Å². The fraction of sp³-hybridized carbons (Fsp3) is 0.0526. The second-order valence-electron chi connectivity index (χ2n) is 5.24. The standard InChI is InChI=1S/C19H16FN3O2/c1-25-17-8-6-15(7-9-17)23-19(24)18-12-16(10-11-21-18)22-14-4-2-13(20)3-5-14/h2-12H,1H3,(H,21,22)(H,23,24). The van der Waals surface area contributed by atoms with Crippen molar-refractivity contribution in [3.05, 3.63) is 78.4 Å². The molecule has 2 aromatic carbocycles. The van der Waals surface area contributed by atoms with Crippen molar-refractivity contribution in [1.82, 2.24) is 4.98 Å². The molecule has 0 fully saturated rings. The number of nitrogens with one attached hydrogen (secondary N) is 2. The topological polar surface area (TPSA) is 63.2 Å². The quantitative estimate of drug-likeness (QED) is 0.731. The molecular formula is C19H16FN3O2. The summed E-state index contributed by atoms with van der Waals surface area (Å²) in [6.07, 6.45) is 1.54. The number of rotatable bonds is 5. The van der Waals surface area contributed by atoms with E-state index in [1.54, 1.807) is 55.6 Å². The van der Waals surface area contributed by atoms with Crippen LogP contribution in [0.2, 0.25) is 0 Å². The van der Waals surface area contributed by atoms with Crippen molar-refractivity contribution < 1.29 is 13.9 Å². The third-order valence-electron chi connectivity index (χ3n) is 3.47. The predicted octanol–water partition coefficient (Wildman–Crippen LogP) is 4.23. The molecule has 0 atom stereocenters. The van der Waals surface area contributed by atoms with Crippen LogP contribution in [0.3, 0.4) is 0 Å². The molecule has 3 aromatic rings. The molecule has 3 rings (SSSR count). The van der Waals surface area contributed by atoms with Crippen LogP contribution in [0, 0.1) is 5.82 Å². The number of pyridine rings is 1. The zero-order valence-electron chi connectivity index (χ0n) is 13.5. The zero-order valence-corrected chi connectivity index (χ0v) is 13.5. The fourth-order valence-electron chi connectivity index (χ4n) is 2.20. The van der Waals surface area contributed by atoms with E-state index in [1.807, 2.05) is 0 Å². The molecule has 2 N–H and O–H groups in total. The number of benzene rings is 2. The summed E-state index contributed by atoms with van der Waals surface area (Å²) in [5.74, 6) is 0.0781. The van der Waals surface area contributed by atoms with E-state index < -0.39 is 0 Å². The van der Waals surface area contributed by atoms with Crippen LogP contribution in [-0.4, -0.2) is 18.0 Å². The second kappa shape index (κ2) is 7.44. The number of anilines is 3. The van der Waals surface area contributed by atoms with Gasteiger partial charge in [0, 0.05) is 23.3 Å². The molecule has 1 amide bonds. The monoisotopic (exact) mass is 337 g/mol. The van der Waals surface area contributed by atoms with Gasteiger partial charge in [-0.05, 0) is 60.7 Å². The molecule has 0 unspecified atom stereocenters. The molecule has 25 heavy (non-hydrogen) atoms. The molecule has 6 heteroatoms. The Balaban J connectivity index is 1.71. The van der Waals surface area contributed by atoms with Crippen LogP contribution in [0.1, 0.15) is 10.5 Å². The minimum atomic E-state index is -0.326. The van der Waals surface area contributed by atoms with Crippen molar-refractivity contribution in [2.45, 2.75) is 0 Å². The molecule has 126 valence electrons. The van der Waals surface area contributed by atoms with E-state index in [0.717, 1.165) is 0 Å². The number of nitrogens with zero attached hydrogens (tertiary/aromatic N) is 1. The maximum Gasteiger partial charge on any atom is 0.274 e. The summed E-state index contributed by atoms with van der Waals surface area (Å²) in [6, 6.07) is 16.3.